The van der Waals surface area contributed by atoms with Gasteiger partial charge in [0, 0.05) is 36.9 Å². The Morgan fingerprint density at radius 2 is 2.00 bits per heavy atom. The molecule has 5 nitrogen and oxygen atoms in total. The molecule has 0 aromatic heterocycles. The van der Waals surface area contributed by atoms with Crippen LogP contribution in [-0.4, -0.2) is 68.3 Å². The average Bonchev–Trinajstić information content (AvgIpc) is 3.19. The van der Waals surface area contributed by atoms with Crippen molar-refractivity contribution in [3.05, 3.63) is 29.3 Å². The molecular formula is C21H32N2O3. The maximum absolute atomic E-state index is 13.4. The maximum atomic E-state index is 13.4. The minimum Gasteiger partial charge on any atom is -0.496 e. The van der Waals surface area contributed by atoms with Crippen molar-refractivity contribution in [1.29, 1.82) is 0 Å². The van der Waals surface area contributed by atoms with Crippen LogP contribution in [0.3, 0.4) is 0 Å². The lowest BCUT2D eigenvalue weighted by Gasteiger charge is -2.35. The zero-order valence-electron chi connectivity index (χ0n) is 16.2. The number of carbonyl (C=O) groups is 1. The molecule has 2 saturated heterocycles. The van der Waals surface area contributed by atoms with Crippen LogP contribution in [0.2, 0.25) is 0 Å². The van der Waals surface area contributed by atoms with E-state index in [4.69, 9.17) is 9.47 Å². The van der Waals surface area contributed by atoms with Gasteiger partial charge < -0.3 is 19.3 Å². The van der Waals surface area contributed by atoms with Crippen LogP contribution in [0, 0.1) is 6.92 Å². The Labute approximate surface area is 157 Å². The molecule has 26 heavy (non-hydrogen) atoms. The number of benzene rings is 1. The Kier molecular flexibility index (Phi) is 6.92. The van der Waals surface area contributed by atoms with Gasteiger partial charge in [-0.1, -0.05) is 6.07 Å². The van der Waals surface area contributed by atoms with Gasteiger partial charge in [0.2, 0.25) is 0 Å². The molecule has 0 unspecified atom stereocenters. The monoisotopic (exact) mass is 360 g/mol. The number of nitrogens with zero attached hydrogens (tertiary/aromatic N) is 2. The van der Waals surface area contributed by atoms with E-state index >= 15 is 0 Å². The van der Waals surface area contributed by atoms with Crippen LogP contribution in [0.1, 0.15) is 48.0 Å². The molecule has 0 saturated carbocycles. The highest BCUT2D eigenvalue weighted by Crippen LogP contribution is 2.25. The lowest BCUT2D eigenvalue weighted by Crippen LogP contribution is -2.44. The second-order valence-electron chi connectivity index (χ2n) is 7.38. The van der Waals surface area contributed by atoms with E-state index in [1.165, 1.54) is 25.9 Å². The molecule has 0 bridgehead atoms. The highest BCUT2D eigenvalue weighted by atomic mass is 16.5. The predicted octanol–water partition coefficient (Wildman–Crippen LogP) is 3.11. The van der Waals surface area contributed by atoms with Gasteiger partial charge in [0.15, 0.2) is 0 Å². The van der Waals surface area contributed by atoms with E-state index in [0.717, 1.165) is 62.4 Å². The number of methoxy groups -OCH3 is 1. The number of carbonyl (C=O) groups excluding carboxylic acids is 1. The smallest absolute Gasteiger partial charge is 0.254 e. The summed E-state index contributed by atoms with van der Waals surface area (Å²) in [5.74, 6) is 0.912. The van der Waals surface area contributed by atoms with Crippen molar-refractivity contribution in [2.24, 2.45) is 0 Å². The van der Waals surface area contributed by atoms with E-state index in [-0.39, 0.29) is 11.9 Å². The number of likely N-dealkylation sites (tertiary alicyclic amines) is 1. The van der Waals surface area contributed by atoms with Crippen LogP contribution in [0.15, 0.2) is 18.2 Å². The lowest BCUT2D eigenvalue weighted by atomic mass is 10.0. The van der Waals surface area contributed by atoms with E-state index in [1.807, 2.05) is 25.1 Å². The second kappa shape index (κ2) is 9.38. The summed E-state index contributed by atoms with van der Waals surface area (Å²) in [5, 5.41) is 0. The fraction of sp³-hybridized carbons (Fsp3) is 0.667. The number of ether oxygens (including phenoxy) is 2. The van der Waals surface area contributed by atoms with Gasteiger partial charge in [0.25, 0.3) is 5.91 Å². The normalized spacial score (nSPS) is 18.8. The van der Waals surface area contributed by atoms with Crippen molar-refractivity contribution in [2.45, 2.75) is 45.1 Å². The van der Waals surface area contributed by atoms with Crippen LogP contribution in [0.25, 0.3) is 0 Å². The molecule has 0 radical (unpaired) electrons. The first-order valence-electron chi connectivity index (χ1n) is 9.95. The summed E-state index contributed by atoms with van der Waals surface area (Å²) in [4.78, 5) is 18.0. The fourth-order valence-corrected chi connectivity index (χ4v) is 4.14. The SMILES string of the molecule is COc1cccc(C(=O)N(CCCN2CCCC2)C2CCOCC2)c1C. The highest BCUT2D eigenvalue weighted by Gasteiger charge is 2.28. The number of hydrogen-bond acceptors (Lipinski definition) is 4. The van der Waals surface area contributed by atoms with E-state index < -0.39 is 0 Å². The Morgan fingerprint density at radius 1 is 1.27 bits per heavy atom. The minimum absolute atomic E-state index is 0.134. The molecule has 3 rings (SSSR count). The molecule has 0 N–H and O–H groups in total. The lowest BCUT2D eigenvalue weighted by molar-refractivity contribution is 0.0281. The van der Waals surface area contributed by atoms with Crippen LogP contribution in [0.5, 0.6) is 5.75 Å². The van der Waals surface area contributed by atoms with Crippen molar-refractivity contribution in [3.63, 3.8) is 0 Å². The highest BCUT2D eigenvalue weighted by molar-refractivity contribution is 5.96. The van der Waals surface area contributed by atoms with Crippen molar-refractivity contribution >= 4 is 5.91 Å². The van der Waals surface area contributed by atoms with E-state index in [0.29, 0.717) is 0 Å². The number of hydrogen-bond donors (Lipinski definition) is 0. The van der Waals surface area contributed by atoms with E-state index in [1.54, 1.807) is 7.11 Å². The summed E-state index contributed by atoms with van der Waals surface area (Å²) in [6.45, 7) is 7.79. The molecule has 2 aliphatic rings. The summed E-state index contributed by atoms with van der Waals surface area (Å²) in [6, 6.07) is 6.02. The summed E-state index contributed by atoms with van der Waals surface area (Å²) in [7, 11) is 1.66. The van der Waals surface area contributed by atoms with Crippen LogP contribution >= 0.6 is 0 Å². The molecule has 2 fully saturated rings. The third kappa shape index (κ3) is 4.57. The van der Waals surface area contributed by atoms with Crippen LogP contribution < -0.4 is 4.74 Å². The minimum atomic E-state index is 0.134. The zero-order valence-corrected chi connectivity index (χ0v) is 16.2. The standard InChI is InChI=1S/C21H32N2O3/c1-17-19(7-5-8-20(17)25-2)21(24)23(18-9-15-26-16-10-18)14-6-13-22-11-3-4-12-22/h5,7-8,18H,3-4,6,9-16H2,1-2H3. The van der Waals surface area contributed by atoms with Crippen molar-refractivity contribution < 1.29 is 14.3 Å². The summed E-state index contributed by atoms with van der Waals surface area (Å²) in [6.07, 6.45) is 5.51. The van der Waals surface area contributed by atoms with Crippen LogP contribution in [-0.2, 0) is 4.74 Å². The van der Waals surface area contributed by atoms with E-state index in [2.05, 4.69) is 9.80 Å². The molecule has 0 aliphatic carbocycles. The van der Waals surface area contributed by atoms with Crippen molar-refractivity contribution in [2.75, 3.05) is 46.5 Å². The first kappa shape index (κ1) is 19.2. The van der Waals surface area contributed by atoms with Gasteiger partial charge in [-0.05, 0) is 70.8 Å². The third-order valence-corrected chi connectivity index (χ3v) is 5.70. The summed E-state index contributed by atoms with van der Waals surface area (Å²) in [5.41, 5.74) is 1.69. The molecule has 2 aliphatic heterocycles. The van der Waals surface area contributed by atoms with Crippen LogP contribution in [0.4, 0.5) is 0 Å². The van der Waals surface area contributed by atoms with Gasteiger partial charge >= 0.3 is 0 Å². The molecule has 1 aromatic carbocycles. The Balaban J connectivity index is 1.71. The number of amides is 1. The van der Waals surface area contributed by atoms with Gasteiger partial charge in [-0.3, -0.25) is 4.79 Å². The molecule has 5 heteroatoms. The molecule has 1 aromatic rings. The first-order chi connectivity index (χ1) is 12.7. The largest absolute Gasteiger partial charge is 0.496 e. The topological polar surface area (TPSA) is 42.0 Å². The molecular weight excluding hydrogens is 328 g/mol. The average molecular weight is 360 g/mol. The molecule has 2 heterocycles. The molecule has 0 atom stereocenters. The van der Waals surface area contributed by atoms with Crippen molar-refractivity contribution in [3.8, 4) is 5.75 Å². The fourth-order valence-electron chi connectivity index (χ4n) is 4.14. The number of rotatable bonds is 7. The zero-order chi connectivity index (χ0) is 18.4. The summed E-state index contributed by atoms with van der Waals surface area (Å²) >= 11 is 0. The van der Waals surface area contributed by atoms with Crippen molar-refractivity contribution in [1.82, 2.24) is 9.80 Å². The molecule has 144 valence electrons. The van der Waals surface area contributed by atoms with E-state index in [9.17, 15) is 4.79 Å². The molecule has 0 spiro atoms. The second-order valence-corrected chi connectivity index (χ2v) is 7.38. The van der Waals surface area contributed by atoms with Gasteiger partial charge in [0.1, 0.15) is 5.75 Å². The van der Waals surface area contributed by atoms with Gasteiger partial charge in [-0.15, -0.1) is 0 Å². The summed E-state index contributed by atoms with van der Waals surface area (Å²) < 4.78 is 10.9. The first-order valence-corrected chi connectivity index (χ1v) is 9.95. The Hall–Kier alpha value is -1.59. The maximum Gasteiger partial charge on any atom is 0.254 e. The van der Waals surface area contributed by atoms with Gasteiger partial charge in [0.05, 0.1) is 7.11 Å². The molecule has 1 amide bonds. The predicted molar refractivity (Wildman–Crippen MR) is 103 cm³/mol. The quantitative estimate of drug-likeness (QED) is 0.749. The van der Waals surface area contributed by atoms with Gasteiger partial charge in [-0.2, -0.15) is 0 Å². The third-order valence-electron chi connectivity index (χ3n) is 5.70. The van der Waals surface area contributed by atoms with Gasteiger partial charge in [-0.25, -0.2) is 0 Å². The Morgan fingerprint density at radius 3 is 2.69 bits per heavy atom. The Bertz CT molecular complexity index is 593.